The van der Waals surface area contributed by atoms with E-state index in [0.29, 0.717) is 5.02 Å². The van der Waals surface area contributed by atoms with Crippen LogP contribution >= 0.6 is 23.4 Å². The van der Waals surface area contributed by atoms with Gasteiger partial charge in [0.2, 0.25) is 5.91 Å². The molecule has 1 rings (SSSR count). The highest BCUT2D eigenvalue weighted by Gasteiger charge is 2.17. The van der Waals surface area contributed by atoms with Gasteiger partial charge in [-0.1, -0.05) is 29.8 Å². The third-order valence-electron chi connectivity index (χ3n) is 2.74. The van der Waals surface area contributed by atoms with E-state index in [4.69, 9.17) is 16.7 Å². The topological polar surface area (TPSA) is 49.3 Å². The van der Waals surface area contributed by atoms with E-state index in [1.807, 2.05) is 31.4 Å². The molecule has 0 heterocycles. The third-order valence-corrected chi connectivity index (χ3v) is 4.27. The Morgan fingerprint density at radius 1 is 1.50 bits per heavy atom. The Hall–Kier alpha value is -0.710. The van der Waals surface area contributed by atoms with Crippen LogP contribution in [0, 0.1) is 0 Å². The van der Waals surface area contributed by atoms with Gasteiger partial charge in [0.1, 0.15) is 0 Å². The molecule has 0 saturated heterocycles. The second-order valence-corrected chi connectivity index (χ2v) is 5.57. The standard InChI is InChI=1S/C13H18ClNO2S/c1-9(12(8-16)18-2)15-13(17)7-10-5-3-4-6-11(10)14/h3-6,9,12,16H,7-8H2,1-2H3,(H,15,17). The number of benzene rings is 1. The molecule has 1 aromatic rings. The van der Waals surface area contributed by atoms with E-state index in [0.717, 1.165) is 5.56 Å². The van der Waals surface area contributed by atoms with E-state index in [2.05, 4.69) is 5.32 Å². The van der Waals surface area contributed by atoms with Crippen LogP contribution in [-0.2, 0) is 11.2 Å². The Labute approximate surface area is 117 Å². The van der Waals surface area contributed by atoms with Gasteiger partial charge in [-0.25, -0.2) is 0 Å². The molecule has 0 aliphatic heterocycles. The van der Waals surface area contributed by atoms with Crippen molar-refractivity contribution in [2.45, 2.75) is 24.6 Å². The van der Waals surface area contributed by atoms with Gasteiger partial charge < -0.3 is 10.4 Å². The number of aliphatic hydroxyl groups excluding tert-OH is 1. The van der Waals surface area contributed by atoms with Crippen molar-refractivity contribution in [1.29, 1.82) is 0 Å². The van der Waals surface area contributed by atoms with E-state index in [-0.39, 0.29) is 30.2 Å². The number of halogens is 1. The van der Waals surface area contributed by atoms with E-state index in [1.54, 1.807) is 6.07 Å². The minimum Gasteiger partial charge on any atom is -0.395 e. The lowest BCUT2D eigenvalue weighted by atomic mass is 10.1. The smallest absolute Gasteiger partial charge is 0.224 e. The Bertz CT molecular complexity index is 396. The Morgan fingerprint density at radius 3 is 2.72 bits per heavy atom. The summed E-state index contributed by atoms with van der Waals surface area (Å²) in [5.41, 5.74) is 0.813. The molecule has 0 radical (unpaired) electrons. The van der Waals surface area contributed by atoms with E-state index in [9.17, 15) is 4.79 Å². The van der Waals surface area contributed by atoms with E-state index >= 15 is 0 Å². The fourth-order valence-corrected chi connectivity index (χ4v) is 2.48. The number of carbonyl (C=O) groups is 1. The molecule has 1 aromatic carbocycles. The first kappa shape index (κ1) is 15.3. The molecular weight excluding hydrogens is 270 g/mol. The number of thioether (sulfide) groups is 1. The lowest BCUT2D eigenvalue weighted by Gasteiger charge is -2.21. The maximum Gasteiger partial charge on any atom is 0.224 e. The number of amides is 1. The molecule has 2 atom stereocenters. The summed E-state index contributed by atoms with van der Waals surface area (Å²) < 4.78 is 0. The summed E-state index contributed by atoms with van der Waals surface area (Å²) in [6.45, 7) is 1.94. The van der Waals surface area contributed by atoms with Crippen molar-refractivity contribution in [2.24, 2.45) is 0 Å². The zero-order chi connectivity index (χ0) is 13.5. The van der Waals surface area contributed by atoms with Gasteiger partial charge >= 0.3 is 0 Å². The quantitative estimate of drug-likeness (QED) is 0.842. The lowest BCUT2D eigenvalue weighted by molar-refractivity contribution is -0.121. The summed E-state index contributed by atoms with van der Waals surface area (Å²) in [5, 5.41) is 12.6. The summed E-state index contributed by atoms with van der Waals surface area (Å²) in [6.07, 6.45) is 2.17. The number of rotatable bonds is 6. The SMILES string of the molecule is CSC(CO)C(C)NC(=O)Cc1ccccc1Cl. The second-order valence-electron chi connectivity index (χ2n) is 4.08. The largest absolute Gasteiger partial charge is 0.395 e. The van der Waals surface area contributed by atoms with Gasteiger partial charge in [-0.2, -0.15) is 11.8 Å². The summed E-state index contributed by atoms with van der Waals surface area (Å²) in [4.78, 5) is 11.9. The molecule has 0 bridgehead atoms. The Balaban J connectivity index is 2.54. The van der Waals surface area contributed by atoms with Gasteiger partial charge in [0.25, 0.3) is 0 Å². The van der Waals surface area contributed by atoms with Gasteiger partial charge in [-0.15, -0.1) is 0 Å². The van der Waals surface area contributed by atoms with Crippen molar-refractivity contribution < 1.29 is 9.90 Å². The van der Waals surface area contributed by atoms with Gasteiger partial charge in [-0.05, 0) is 24.8 Å². The molecule has 18 heavy (non-hydrogen) atoms. The van der Waals surface area contributed by atoms with Crippen LogP contribution < -0.4 is 5.32 Å². The van der Waals surface area contributed by atoms with Crippen molar-refractivity contribution in [3.05, 3.63) is 34.9 Å². The molecule has 100 valence electrons. The summed E-state index contributed by atoms with van der Waals surface area (Å²) >= 11 is 7.54. The van der Waals surface area contributed by atoms with Crippen molar-refractivity contribution in [3.8, 4) is 0 Å². The fraction of sp³-hybridized carbons (Fsp3) is 0.462. The lowest BCUT2D eigenvalue weighted by Crippen LogP contribution is -2.41. The van der Waals surface area contributed by atoms with Crippen LogP contribution in [0.1, 0.15) is 12.5 Å². The maximum atomic E-state index is 11.9. The highest BCUT2D eigenvalue weighted by molar-refractivity contribution is 7.99. The van der Waals surface area contributed by atoms with Crippen LogP contribution in [0.4, 0.5) is 0 Å². The molecular formula is C13H18ClNO2S. The predicted molar refractivity (Wildman–Crippen MR) is 77.1 cm³/mol. The van der Waals surface area contributed by atoms with Crippen LogP contribution in [0.5, 0.6) is 0 Å². The maximum absolute atomic E-state index is 11.9. The number of hydrogen-bond acceptors (Lipinski definition) is 3. The van der Waals surface area contributed by atoms with Crippen LogP contribution in [0.2, 0.25) is 5.02 Å². The molecule has 0 fully saturated rings. The number of hydrogen-bond donors (Lipinski definition) is 2. The first-order chi connectivity index (χ1) is 8.58. The molecule has 0 aliphatic rings. The van der Waals surface area contributed by atoms with Gasteiger partial charge in [-0.3, -0.25) is 4.79 Å². The number of carbonyl (C=O) groups excluding carboxylic acids is 1. The predicted octanol–water partition coefficient (Wildman–Crippen LogP) is 2.11. The minimum absolute atomic E-state index is 0.0141. The monoisotopic (exact) mass is 287 g/mol. The molecule has 0 saturated carbocycles. The number of nitrogens with one attached hydrogen (secondary N) is 1. The van der Waals surface area contributed by atoms with Crippen molar-refractivity contribution in [2.75, 3.05) is 12.9 Å². The van der Waals surface area contributed by atoms with Crippen LogP contribution in [0.25, 0.3) is 0 Å². The Kier molecular flexibility index (Phi) is 6.54. The van der Waals surface area contributed by atoms with E-state index in [1.165, 1.54) is 11.8 Å². The Morgan fingerprint density at radius 2 is 2.17 bits per heavy atom. The molecule has 5 heteroatoms. The van der Waals surface area contributed by atoms with Crippen molar-refractivity contribution >= 4 is 29.3 Å². The zero-order valence-electron chi connectivity index (χ0n) is 10.5. The molecule has 0 aromatic heterocycles. The van der Waals surface area contributed by atoms with Crippen LogP contribution in [-0.4, -0.2) is 35.2 Å². The summed E-state index contributed by atoms with van der Waals surface area (Å²) in [5.74, 6) is -0.0805. The third kappa shape index (κ3) is 4.52. The van der Waals surface area contributed by atoms with Gasteiger partial charge in [0, 0.05) is 16.3 Å². The zero-order valence-corrected chi connectivity index (χ0v) is 12.1. The highest BCUT2D eigenvalue weighted by atomic mass is 35.5. The molecule has 2 N–H and O–H groups in total. The van der Waals surface area contributed by atoms with Crippen molar-refractivity contribution in [3.63, 3.8) is 0 Å². The second kappa shape index (κ2) is 7.67. The molecule has 3 nitrogen and oxygen atoms in total. The highest BCUT2D eigenvalue weighted by Crippen LogP contribution is 2.16. The molecule has 1 amide bonds. The fourth-order valence-electron chi connectivity index (χ4n) is 1.65. The first-order valence-electron chi connectivity index (χ1n) is 5.75. The average Bonchev–Trinajstić information content (AvgIpc) is 2.33. The summed E-state index contributed by atoms with van der Waals surface area (Å²) in [6, 6.07) is 7.23. The molecule has 0 aliphatic carbocycles. The van der Waals surface area contributed by atoms with Crippen LogP contribution in [0.3, 0.4) is 0 Å². The molecule has 0 spiro atoms. The van der Waals surface area contributed by atoms with Crippen LogP contribution in [0.15, 0.2) is 24.3 Å². The number of aliphatic hydroxyl groups is 1. The first-order valence-corrected chi connectivity index (χ1v) is 7.41. The minimum atomic E-state index is -0.0805. The normalized spacial score (nSPS) is 14.0. The van der Waals surface area contributed by atoms with Crippen molar-refractivity contribution in [1.82, 2.24) is 5.32 Å². The molecule has 2 unspecified atom stereocenters. The van der Waals surface area contributed by atoms with Gasteiger partial charge in [0.05, 0.1) is 13.0 Å². The average molecular weight is 288 g/mol. The van der Waals surface area contributed by atoms with E-state index < -0.39 is 0 Å². The van der Waals surface area contributed by atoms with Gasteiger partial charge in [0.15, 0.2) is 0 Å². The summed E-state index contributed by atoms with van der Waals surface area (Å²) in [7, 11) is 0.